The SMILES string of the molecule is CN=C(NCc1c(OC)cc(OC)cc1OC)N1CCC(N2CCOCC2)C1. The number of hydrogen-bond donors (Lipinski definition) is 1. The summed E-state index contributed by atoms with van der Waals surface area (Å²) < 4.78 is 21.9. The predicted molar refractivity (Wildman–Crippen MR) is 109 cm³/mol. The molecule has 0 saturated carbocycles. The van der Waals surface area contributed by atoms with Crippen LogP contribution in [-0.4, -0.2) is 89.6 Å². The number of nitrogens with one attached hydrogen (secondary N) is 1. The van der Waals surface area contributed by atoms with Gasteiger partial charge in [0.25, 0.3) is 0 Å². The summed E-state index contributed by atoms with van der Waals surface area (Å²) in [7, 11) is 6.76. The van der Waals surface area contributed by atoms with Gasteiger partial charge in [-0.05, 0) is 6.42 Å². The molecule has 0 spiro atoms. The number of methoxy groups -OCH3 is 3. The highest BCUT2D eigenvalue weighted by Gasteiger charge is 2.30. The molecule has 3 rings (SSSR count). The number of morpholine rings is 1. The first-order valence-electron chi connectivity index (χ1n) is 9.76. The Bertz CT molecular complexity index is 651. The van der Waals surface area contributed by atoms with Crippen LogP contribution in [0.5, 0.6) is 17.2 Å². The van der Waals surface area contributed by atoms with Gasteiger partial charge >= 0.3 is 0 Å². The van der Waals surface area contributed by atoms with E-state index in [1.807, 2.05) is 19.2 Å². The van der Waals surface area contributed by atoms with Gasteiger partial charge in [-0.2, -0.15) is 0 Å². The van der Waals surface area contributed by atoms with Crippen LogP contribution in [0.1, 0.15) is 12.0 Å². The van der Waals surface area contributed by atoms with Gasteiger partial charge in [-0.1, -0.05) is 0 Å². The van der Waals surface area contributed by atoms with Gasteiger partial charge in [-0.15, -0.1) is 0 Å². The van der Waals surface area contributed by atoms with E-state index in [1.54, 1.807) is 21.3 Å². The average Bonchev–Trinajstić information content (AvgIpc) is 3.24. The Labute approximate surface area is 167 Å². The maximum atomic E-state index is 5.55. The van der Waals surface area contributed by atoms with Gasteiger partial charge in [0, 0.05) is 51.4 Å². The van der Waals surface area contributed by atoms with Crippen molar-refractivity contribution >= 4 is 5.96 Å². The van der Waals surface area contributed by atoms with Crippen LogP contribution in [-0.2, 0) is 11.3 Å². The van der Waals surface area contributed by atoms with E-state index in [1.165, 1.54) is 0 Å². The van der Waals surface area contributed by atoms with E-state index in [0.29, 0.717) is 18.3 Å². The molecule has 2 aliphatic heterocycles. The molecule has 2 saturated heterocycles. The first-order valence-corrected chi connectivity index (χ1v) is 9.76. The van der Waals surface area contributed by atoms with Crippen molar-refractivity contribution < 1.29 is 18.9 Å². The number of nitrogens with zero attached hydrogens (tertiary/aromatic N) is 3. The maximum absolute atomic E-state index is 5.55. The van der Waals surface area contributed by atoms with E-state index in [4.69, 9.17) is 18.9 Å². The number of benzene rings is 1. The highest BCUT2D eigenvalue weighted by molar-refractivity contribution is 5.80. The number of hydrogen-bond acceptors (Lipinski definition) is 6. The summed E-state index contributed by atoms with van der Waals surface area (Å²) in [5, 5.41) is 3.47. The molecule has 0 aliphatic carbocycles. The lowest BCUT2D eigenvalue weighted by Gasteiger charge is -2.32. The first kappa shape index (κ1) is 20.5. The van der Waals surface area contributed by atoms with Crippen molar-refractivity contribution in [1.82, 2.24) is 15.1 Å². The molecular weight excluding hydrogens is 360 g/mol. The van der Waals surface area contributed by atoms with E-state index >= 15 is 0 Å². The number of rotatable bonds is 6. The molecule has 1 N–H and O–H groups in total. The van der Waals surface area contributed by atoms with Gasteiger partial charge in [0.2, 0.25) is 0 Å². The van der Waals surface area contributed by atoms with Crippen LogP contribution < -0.4 is 19.5 Å². The quantitative estimate of drug-likeness (QED) is 0.576. The largest absolute Gasteiger partial charge is 0.496 e. The normalized spacial score (nSPS) is 20.9. The topological polar surface area (TPSA) is 67.8 Å². The van der Waals surface area contributed by atoms with Crippen molar-refractivity contribution in [3.63, 3.8) is 0 Å². The zero-order valence-corrected chi connectivity index (χ0v) is 17.4. The Kier molecular flexibility index (Phi) is 7.22. The molecule has 0 bridgehead atoms. The molecule has 1 atom stereocenters. The lowest BCUT2D eigenvalue weighted by atomic mass is 10.1. The second-order valence-electron chi connectivity index (χ2n) is 6.95. The van der Waals surface area contributed by atoms with Gasteiger partial charge in [0.15, 0.2) is 5.96 Å². The van der Waals surface area contributed by atoms with Crippen molar-refractivity contribution in [3.05, 3.63) is 17.7 Å². The van der Waals surface area contributed by atoms with Crippen molar-refractivity contribution in [3.8, 4) is 17.2 Å². The molecule has 0 amide bonds. The van der Waals surface area contributed by atoms with Crippen LogP contribution in [0, 0.1) is 0 Å². The second kappa shape index (κ2) is 9.84. The Hall–Kier alpha value is -2.19. The lowest BCUT2D eigenvalue weighted by Crippen LogP contribution is -2.46. The van der Waals surface area contributed by atoms with Gasteiger partial charge in [-0.25, -0.2) is 0 Å². The molecule has 2 heterocycles. The molecule has 1 aromatic rings. The lowest BCUT2D eigenvalue weighted by molar-refractivity contribution is 0.0195. The molecular formula is C20H32N4O4. The third kappa shape index (κ3) is 4.62. The van der Waals surface area contributed by atoms with Crippen LogP contribution in [0.3, 0.4) is 0 Å². The Morgan fingerprint density at radius 2 is 1.79 bits per heavy atom. The van der Waals surface area contributed by atoms with Gasteiger partial charge < -0.3 is 29.2 Å². The van der Waals surface area contributed by atoms with Crippen LogP contribution in [0.2, 0.25) is 0 Å². The molecule has 1 aromatic carbocycles. The van der Waals surface area contributed by atoms with Crippen LogP contribution in [0.25, 0.3) is 0 Å². The smallest absolute Gasteiger partial charge is 0.193 e. The summed E-state index contributed by atoms with van der Waals surface area (Å²) in [6.45, 7) is 6.24. The van der Waals surface area contributed by atoms with E-state index < -0.39 is 0 Å². The zero-order chi connectivity index (χ0) is 19.9. The fourth-order valence-electron chi connectivity index (χ4n) is 3.93. The minimum Gasteiger partial charge on any atom is -0.496 e. The van der Waals surface area contributed by atoms with Gasteiger partial charge in [0.05, 0.1) is 46.7 Å². The minimum atomic E-state index is 0.557. The number of guanidine groups is 1. The first-order chi connectivity index (χ1) is 13.7. The van der Waals surface area contributed by atoms with E-state index in [9.17, 15) is 0 Å². The predicted octanol–water partition coefficient (Wildman–Crippen LogP) is 1.19. The van der Waals surface area contributed by atoms with Gasteiger partial charge in [0.1, 0.15) is 17.2 Å². The number of ether oxygens (including phenoxy) is 4. The minimum absolute atomic E-state index is 0.557. The van der Waals surface area contributed by atoms with Gasteiger partial charge in [-0.3, -0.25) is 9.89 Å². The molecule has 0 radical (unpaired) electrons. The second-order valence-corrected chi connectivity index (χ2v) is 6.95. The Morgan fingerprint density at radius 1 is 1.11 bits per heavy atom. The molecule has 28 heavy (non-hydrogen) atoms. The molecule has 2 aliphatic rings. The fourth-order valence-corrected chi connectivity index (χ4v) is 3.93. The van der Waals surface area contributed by atoms with Crippen molar-refractivity contribution in [2.75, 3.05) is 67.8 Å². The summed E-state index contributed by atoms with van der Waals surface area (Å²) in [4.78, 5) is 9.35. The highest BCUT2D eigenvalue weighted by atomic mass is 16.5. The fraction of sp³-hybridized carbons (Fsp3) is 0.650. The standard InChI is InChI=1S/C20H32N4O4/c1-21-20(24-6-5-15(14-24)23-7-9-28-10-8-23)22-13-17-18(26-3)11-16(25-2)12-19(17)27-4/h11-12,15H,5-10,13-14H2,1-4H3,(H,21,22). The Morgan fingerprint density at radius 3 is 2.36 bits per heavy atom. The van der Waals surface area contributed by atoms with E-state index in [2.05, 4.69) is 20.1 Å². The summed E-state index contributed by atoms with van der Waals surface area (Å²) in [6.07, 6.45) is 1.15. The highest BCUT2D eigenvalue weighted by Crippen LogP contribution is 2.34. The summed E-state index contributed by atoms with van der Waals surface area (Å²) >= 11 is 0. The monoisotopic (exact) mass is 392 g/mol. The zero-order valence-electron chi connectivity index (χ0n) is 17.4. The van der Waals surface area contributed by atoms with E-state index in [-0.39, 0.29) is 0 Å². The number of aliphatic imine (C=N–C) groups is 1. The molecule has 156 valence electrons. The molecule has 8 nitrogen and oxygen atoms in total. The molecule has 1 unspecified atom stereocenters. The van der Waals surface area contributed by atoms with Crippen molar-refractivity contribution in [1.29, 1.82) is 0 Å². The summed E-state index contributed by atoms with van der Waals surface area (Å²) in [6, 6.07) is 4.30. The van der Waals surface area contributed by atoms with Crippen molar-refractivity contribution in [2.24, 2.45) is 4.99 Å². The van der Waals surface area contributed by atoms with Crippen molar-refractivity contribution in [2.45, 2.75) is 19.0 Å². The molecule has 2 fully saturated rings. The third-order valence-corrected chi connectivity index (χ3v) is 5.48. The summed E-state index contributed by atoms with van der Waals surface area (Å²) in [5.74, 6) is 3.06. The Balaban J connectivity index is 1.64. The van der Waals surface area contributed by atoms with Crippen LogP contribution in [0.15, 0.2) is 17.1 Å². The van der Waals surface area contributed by atoms with E-state index in [0.717, 1.165) is 68.8 Å². The average molecular weight is 393 g/mol. The van der Waals surface area contributed by atoms with Crippen LogP contribution in [0.4, 0.5) is 0 Å². The van der Waals surface area contributed by atoms with Crippen LogP contribution >= 0.6 is 0 Å². The number of likely N-dealkylation sites (tertiary alicyclic amines) is 1. The third-order valence-electron chi connectivity index (χ3n) is 5.48. The molecule has 0 aromatic heterocycles. The summed E-state index contributed by atoms with van der Waals surface area (Å²) in [5.41, 5.74) is 0.941. The molecule has 8 heteroatoms. The maximum Gasteiger partial charge on any atom is 0.193 e.